The van der Waals surface area contributed by atoms with Gasteiger partial charge in [-0.2, -0.15) is 0 Å². The molecule has 0 aliphatic carbocycles. The van der Waals surface area contributed by atoms with E-state index in [2.05, 4.69) is 0 Å². The van der Waals surface area contributed by atoms with Gasteiger partial charge in [-0.25, -0.2) is 4.79 Å². The molecule has 0 radical (unpaired) electrons. The number of carbonyl (C=O) groups excluding carboxylic acids is 2. The molecule has 0 saturated carbocycles. The van der Waals surface area contributed by atoms with Crippen molar-refractivity contribution in [3.8, 4) is 5.75 Å². The van der Waals surface area contributed by atoms with E-state index in [4.69, 9.17) is 27.9 Å². The Morgan fingerprint density at radius 1 is 0.840 bits per heavy atom. The molecule has 3 rings (SSSR count). The maximum atomic E-state index is 12.5. The highest BCUT2D eigenvalue weighted by molar-refractivity contribution is 6.42. The molecule has 0 aromatic heterocycles. The minimum Gasteiger partial charge on any atom is -0.410 e. The van der Waals surface area contributed by atoms with E-state index in [1.54, 1.807) is 52.3 Å². The molecule has 0 unspecified atom stereocenters. The Morgan fingerprint density at radius 3 is 2.12 bits per heavy atom. The maximum absolute atomic E-state index is 12.5. The number of hydrogen-bond donors (Lipinski definition) is 0. The summed E-state index contributed by atoms with van der Waals surface area (Å²) in [6, 6.07) is 13.7. The van der Waals surface area contributed by atoms with E-state index in [-0.39, 0.29) is 5.91 Å². The number of carbonyl (C=O) groups is 2. The SMILES string of the molecule is O=C(Oc1ccccc1)N1CCN(C(=O)c2ccc(Cl)c(Cl)c2)CC1. The number of rotatable bonds is 2. The third-order valence-corrected chi connectivity index (χ3v) is 4.68. The van der Waals surface area contributed by atoms with Crippen molar-refractivity contribution >= 4 is 35.2 Å². The molecule has 1 heterocycles. The van der Waals surface area contributed by atoms with Gasteiger partial charge in [0.05, 0.1) is 10.0 Å². The first-order valence-corrected chi connectivity index (χ1v) is 8.56. The van der Waals surface area contributed by atoms with Gasteiger partial charge in [0.1, 0.15) is 5.75 Å². The molecule has 0 atom stereocenters. The summed E-state index contributed by atoms with van der Waals surface area (Å²) in [5.74, 6) is 0.372. The van der Waals surface area contributed by atoms with Gasteiger partial charge in [-0.15, -0.1) is 0 Å². The molecule has 1 aliphatic heterocycles. The summed E-state index contributed by atoms with van der Waals surface area (Å²) in [6.45, 7) is 1.70. The van der Waals surface area contributed by atoms with E-state index in [1.165, 1.54) is 0 Å². The predicted molar refractivity (Wildman–Crippen MR) is 96.4 cm³/mol. The smallest absolute Gasteiger partial charge is 0.410 e. The highest BCUT2D eigenvalue weighted by Crippen LogP contribution is 2.23. The Balaban J connectivity index is 1.57. The molecule has 0 bridgehead atoms. The second-order valence-corrected chi connectivity index (χ2v) is 6.40. The minimum atomic E-state index is -0.409. The average molecular weight is 379 g/mol. The number of halogens is 2. The number of para-hydroxylation sites is 1. The lowest BCUT2D eigenvalue weighted by molar-refractivity contribution is 0.0633. The number of hydrogen-bond acceptors (Lipinski definition) is 3. The average Bonchev–Trinajstić information content (AvgIpc) is 2.64. The van der Waals surface area contributed by atoms with E-state index in [9.17, 15) is 9.59 Å². The Bertz CT molecular complexity index is 775. The monoisotopic (exact) mass is 378 g/mol. The molecule has 0 N–H and O–H groups in total. The molecule has 1 aliphatic rings. The van der Waals surface area contributed by atoms with Gasteiger partial charge in [0, 0.05) is 31.7 Å². The summed E-state index contributed by atoms with van der Waals surface area (Å²) < 4.78 is 5.31. The van der Waals surface area contributed by atoms with E-state index in [1.807, 2.05) is 6.07 Å². The summed E-state index contributed by atoms with van der Waals surface area (Å²) in [4.78, 5) is 28.0. The van der Waals surface area contributed by atoms with Gasteiger partial charge in [-0.1, -0.05) is 41.4 Å². The number of piperazine rings is 1. The fraction of sp³-hybridized carbons (Fsp3) is 0.222. The Hall–Kier alpha value is -2.24. The fourth-order valence-electron chi connectivity index (χ4n) is 2.56. The van der Waals surface area contributed by atoms with Gasteiger partial charge < -0.3 is 14.5 Å². The third kappa shape index (κ3) is 4.24. The van der Waals surface area contributed by atoms with Crippen LogP contribution in [0.25, 0.3) is 0 Å². The highest BCUT2D eigenvalue weighted by Gasteiger charge is 2.26. The zero-order valence-corrected chi connectivity index (χ0v) is 14.8. The van der Waals surface area contributed by atoms with Crippen LogP contribution < -0.4 is 4.74 Å². The summed E-state index contributed by atoms with van der Waals surface area (Å²) in [6.07, 6.45) is -0.409. The number of ether oxygens (including phenoxy) is 1. The zero-order chi connectivity index (χ0) is 17.8. The molecular formula is C18H16Cl2N2O3. The molecule has 7 heteroatoms. The lowest BCUT2D eigenvalue weighted by Crippen LogP contribution is -2.51. The molecule has 1 saturated heterocycles. The van der Waals surface area contributed by atoms with Crippen LogP contribution in [0.5, 0.6) is 5.75 Å². The van der Waals surface area contributed by atoms with E-state index in [0.717, 1.165) is 0 Å². The van der Waals surface area contributed by atoms with Crippen molar-refractivity contribution in [2.75, 3.05) is 26.2 Å². The van der Waals surface area contributed by atoms with Crippen molar-refractivity contribution < 1.29 is 14.3 Å². The number of nitrogens with zero attached hydrogens (tertiary/aromatic N) is 2. The second-order valence-electron chi connectivity index (χ2n) is 5.59. The summed E-state index contributed by atoms with van der Waals surface area (Å²) in [5.41, 5.74) is 0.481. The predicted octanol–water partition coefficient (Wildman–Crippen LogP) is 3.95. The van der Waals surface area contributed by atoms with Crippen molar-refractivity contribution in [3.05, 3.63) is 64.1 Å². The molecular weight excluding hydrogens is 363 g/mol. The van der Waals surface area contributed by atoms with Crippen LogP contribution in [0, 0.1) is 0 Å². The molecule has 5 nitrogen and oxygen atoms in total. The van der Waals surface area contributed by atoms with Crippen LogP contribution in [-0.2, 0) is 0 Å². The summed E-state index contributed by atoms with van der Waals surface area (Å²) in [7, 11) is 0. The number of benzene rings is 2. The Morgan fingerprint density at radius 2 is 1.48 bits per heavy atom. The Labute approximate surface area is 155 Å². The summed E-state index contributed by atoms with van der Waals surface area (Å²) in [5, 5.41) is 0.754. The first-order valence-electron chi connectivity index (χ1n) is 7.81. The third-order valence-electron chi connectivity index (χ3n) is 3.94. The van der Waals surface area contributed by atoms with Crippen molar-refractivity contribution in [3.63, 3.8) is 0 Å². The lowest BCUT2D eigenvalue weighted by atomic mass is 10.2. The van der Waals surface area contributed by atoms with Crippen LogP contribution in [0.15, 0.2) is 48.5 Å². The summed E-state index contributed by atoms with van der Waals surface area (Å²) >= 11 is 11.8. The van der Waals surface area contributed by atoms with Gasteiger partial charge in [0.15, 0.2) is 0 Å². The lowest BCUT2D eigenvalue weighted by Gasteiger charge is -2.34. The van der Waals surface area contributed by atoms with Gasteiger partial charge >= 0.3 is 6.09 Å². The standard InChI is InChI=1S/C18H16Cl2N2O3/c19-15-7-6-13(12-16(15)20)17(23)21-8-10-22(11-9-21)18(24)25-14-4-2-1-3-5-14/h1-7,12H,8-11H2. The van der Waals surface area contributed by atoms with Crippen LogP contribution in [0.3, 0.4) is 0 Å². The van der Waals surface area contributed by atoms with Crippen LogP contribution in [0.2, 0.25) is 10.0 Å². The zero-order valence-electron chi connectivity index (χ0n) is 13.3. The van der Waals surface area contributed by atoms with Gasteiger partial charge in [-0.05, 0) is 30.3 Å². The van der Waals surface area contributed by atoms with Crippen LogP contribution in [0.1, 0.15) is 10.4 Å². The quantitative estimate of drug-likeness (QED) is 0.794. The van der Waals surface area contributed by atoms with Crippen LogP contribution in [-0.4, -0.2) is 48.0 Å². The molecule has 0 spiro atoms. The van der Waals surface area contributed by atoms with E-state index >= 15 is 0 Å². The van der Waals surface area contributed by atoms with Crippen molar-refractivity contribution in [2.45, 2.75) is 0 Å². The molecule has 2 aromatic rings. The first kappa shape index (κ1) is 17.6. The van der Waals surface area contributed by atoms with Crippen LogP contribution in [0.4, 0.5) is 4.79 Å². The van der Waals surface area contributed by atoms with Crippen molar-refractivity contribution in [1.82, 2.24) is 9.80 Å². The van der Waals surface area contributed by atoms with Gasteiger partial charge in [-0.3, -0.25) is 4.79 Å². The molecule has 2 amide bonds. The van der Waals surface area contributed by atoms with Crippen LogP contribution >= 0.6 is 23.2 Å². The van der Waals surface area contributed by atoms with E-state index < -0.39 is 6.09 Å². The first-order chi connectivity index (χ1) is 12.0. The van der Waals surface area contributed by atoms with E-state index in [0.29, 0.717) is 47.5 Å². The van der Waals surface area contributed by atoms with Gasteiger partial charge in [0.2, 0.25) is 0 Å². The molecule has 2 aromatic carbocycles. The van der Waals surface area contributed by atoms with Crippen molar-refractivity contribution in [2.24, 2.45) is 0 Å². The Kier molecular flexibility index (Phi) is 5.46. The topological polar surface area (TPSA) is 49.9 Å². The molecule has 1 fully saturated rings. The molecule has 25 heavy (non-hydrogen) atoms. The largest absolute Gasteiger partial charge is 0.415 e. The second kappa shape index (κ2) is 7.76. The maximum Gasteiger partial charge on any atom is 0.415 e. The minimum absolute atomic E-state index is 0.130. The fourth-order valence-corrected chi connectivity index (χ4v) is 2.86. The highest BCUT2D eigenvalue weighted by atomic mass is 35.5. The number of amides is 2. The molecule has 130 valence electrons. The van der Waals surface area contributed by atoms with Crippen molar-refractivity contribution in [1.29, 1.82) is 0 Å². The van der Waals surface area contributed by atoms with Gasteiger partial charge in [0.25, 0.3) is 5.91 Å². The normalized spacial score (nSPS) is 14.3.